The second-order valence-electron chi connectivity index (χ2n) is 11.8. The van der Waals surface area contributed by atoms with Gasteiger partial charge in [-0.1, -0.05) is 148 Å². The van der Waals surface area contributed by atoms with Gasteiger partial charge in [-0.05, 0) is 88.8 Å². The Morgan fingerprint density at radius 2 is 0.950 bits per heavy atom. The molecule has 0 nitrogen and oxygen atoms in total. The van der Waals surface area contributed by atoms with Crippen molar-refractivity contribution in [3.63, 3.8) is 0 Å². The second-order valence-corrected chi connectivity index (χ2v) is 11.8. The van der Waals surface area contributed by atoms with Crippen LogP contribution in [0.15, 0.2) is 140 Å². The van der Waals surface area contributed by atoms with Crippen LogP contribution in [0.3, 0.4) is 0 Å². The van der Waals surface area contributed by atoms with Gasteiger partial charge in [0, 0.05) is 0 Å². The maximum Gasteiger partial charge on any atom is -0.00201 e. The first-order chi connectivity index (χ1) is 19.5. The van der Waals surface area contributed by atoms with E-state index < -0.39 is 0 Å². The molecule has 0 heterocycles. The number of fused-ring (bicyclic) bond motifs is 3. The predicted octanol–water partition coefficient (Wildman–Crippen LogP) is 11.4. The minimum atomic E-state index is 0.123. The van der Waals surface area contributed by atoms with Gasteiger partial charge in [0.2, 0.25) is 0 Å². The molecule has 192 valence electrons. The van der Waals surface area contributed by atoms with Crippen molar-refractivity contribution in [1.29, 1.82) is 0 Å². The number of rotatable bonds is 3. The lowest BCUT2D eigenvalue weighted by molar-refractivity contribution is 0.590. The van der Waals surface area contributed by atoms with Crippen molar-refractivity contribution >= 4 is 32.3 Å². The Labute approximate surface area is 236 Å². The van der Waals surface area contributed by atoms with Crippen LogP contribution >= 0.6 is 0 Å². The lowest BCUT2D eigenvalue weighted by atomic mass is 9.83. The normalized spacial score (nSPS) is 11.9. The summed E-state index contributed by atoms with van der Waals surface area (Å²) in [5, 5.41) is 7.69. The van der Waals surface area contributed by atoms with E-state index in [9.17, 15) is 0 Å². The van der Waals surface area contributed by atoms with Crippen molar-refractivity contribution in [2.45, 2.75) is 26.2 Å². The Hall–Kier alpha value is -4.68. The molecular formula is C40H32. The summed E-state index contributed by atoms with van der Waals surface area (Å²) >= 11 is 0. The number of benzene rings is 7. The highest BCUT2D eigenvalue weighted by atomic mass is 14.2. The van der Waals surface area contributed by atoms with Crippen molar-refractivity contribution in [1.82, 2.24) is 0 Å². The van der Waals surface area contributed by atoms with E-state index in [0.717, 1.165) is 0 Å². The van der Waals surface area contributed by atoms with Crippen LogP contribution in [-0.2, 0) is 5.41 Å². The van der Waals surface area contributed by atoms with Crippen molar-refractivity contribution in [2.75, 3.05) is 0 Å². The van der Waals surface area contributed by atoms with Gasteiger partial charge in [0.15, 0.2) is 0 Å². The molecule has 0 aliphatic heterocycles. The van der Waals surface area contributed by atoms with Gasteiger partial charge in [0.05, 0.1) is 0 Å². The quantitative estimate of drug-likeness (QED) is 0.207. The minimum absolute atomic E-state index is 0.123. The molecule has 0 fully saturated rings. The van der Waals surface area contributed by atoms with Gasteiger partial charge in [-0.15, -0.1) is 0 Å². The molecule has 0 spiro atoms. The first-order valence-corrected chi connectivity index (χ1v) is 14.1. The molecule has 0 heteroatoms. The highest BCUT2D eigenvalue weighted by Gasteiger charge is 2.19. The molecule has 0 saturated carbocycles. The van der Waals surface area contributed by atoms with Crippen molar-refractivity contribution in [2.24, 2.45) is 0 Å². The number of hydrogen-bond donors (Lipinski definition) is 0. The zero-order valence-electron chi connectivity index (χ0n) is 23.3. The smallest absolute Gasteiger partial charge is 0.00201 e. The van der Waals surface area contributed by atoms with Gasteiger partial charge < -0.3 is 0 Å². The topological polar surface area (TPSA) is 0 Å². The molecule has 0 N–H and O–H groups in total. The fourth-order valence-electron chi connectivity index (χ4n) is 6.19. The van der Waals surface area contributed by atoms with Gasteiger partial charge in [0.25, 0.3) is 0 Å². The molecule has 0 amide bonds. The molecule has 0 aliphatic carbocycles. The van der Waals surface area contributed by atoms with Crippen molar-refractivity contribution in [3.8, 4) is 33.4 Å². The zero-order chi connectivity index (χ0) is 27.3. The highest BCUT2D eigenvalue weighted by Crippen LogP contribution is 2.46. The van der Waals surface area contributed by atoms with Gasteiger partial charge >= 0.3 is 0 Å². The molecule has 0 bridgehead atoms. The fourth-order valence-corrected chi connectivity index (χ4v) is 6.19. The SMILES string of the molecule is CC(C)(C)c1ccc(-c2cccc3cc4c(-c5ccccc5)c5ccccc5cc4c(-c4ccccc4)c23)cc1. The lowest BCUT2D eigenvalue weighted by Gasteiger charge is -2.21. The molecule has 0 radical (unpaired) electrons. The van der Waals surface area contributed by atoms with E-state index in [2.05, 4.69) is 160 Å². The van der Waals surface area contributed by atoms with E-state index in [-0.39, 0.29) is 5.41 Å². The summed E-state index contributed by atoms with van der Waals surface area (Å²) < 4.78 is 0. The maximum absolute atomic E-state index is 2.42. The van der Waals surface area contributed by atoms with Crippen LogP contribution in [0.1, 0.15) is 26.3 Å². The molecule has 0 unspecified atom stereocenters. The molecule has 0 saturated heterocycles. The van der Waals surface area contributed by atoms with Gasteiger partial charge in [0.1, 0.15) is 0 Å². The summed E-state index contributed by atoms with van der Waals surface area (Å²) in [6.45, 7) is 6.82. The third kappa shape index (κ3) is 4.08. The molecule has 0 atom stereocenters. The molecular weight excluding hydrogens is 480 g/mol. The summed E-state index contributed by atoms with van der Waals surface area (Å²) in [4.78, 5) is 0. The van der Waals surface area contributed by atoms with Crippen LogP contribution in [0, 0.1) is 0 Å². The minimum Gasteiger partial charge on any atom is -0.0622 e. The van der Waals surface area contributed by atoms with Crippen molar-refractivity contribution < 1.29 is 0 Å². The van der Waals surface area contributed by atoms with Crippen LogP contribution in [0.4, 0.5) is 0 Å². The Kier molecular flexibility index (Phi) is 5.79. The summed E-state index contributed by atoms with van der Waals surface area (Å²) in [5.74, 6) is 0. The standard InChI is InChI=1S/C40H32/c1-40(2,3)32-23-21-27(22-24-32)33-20-12-18-31-26-35-36(38(39(31)33)29-15-8-5-9-16-29)25-30-17-10-11-19-34(30)37(35)28-13-6-4-7-14-28/h4-26H,1-3H3. The average molecular weight is 513 g/mol. The van der Waals surface area contributed by atoms with Crippen LogP contribution in [-0.4, -0.2) is 0 Å². The molecule has 0 aliphatic rings. The lowest BCUT2D eigenvalue weighted by Crippen LogP contribution is -2.10. The van der Waals surface area contributed by atoms with Gasteiger partial charge in [-0.25, -0.2) is 0 Å². The Morgan fingerprint density at radius 3 is 1.62 bits per heavy atom. The summed E-state index contributed by atoms with van der Waals surface area (Å²) in [7, 11) is 0. The highest BCUT2D eigenvalue weighted by molar-refractivity contribution is 6.24. The van der Waals surface area contributed by atoms with E-state index in [1.54, 1.807) is 0 Å². The van der Waals surface area contributed by atoms with Gasteiger partial charge in [-0.3, -0.25) is 0 Å². The maximum atomic E-state index is 2.42. The van der Waals surface area contributed by atoms with Crippen LogP contribution in [0.25, 0.3) is 65.7 Å². The third-order valence-corrected chi connectivity index (χ3v) is 8.19. The van der Waals surface area contributed by atoms with Crippen LogP contribution in [0.5, 0.6) is 0 Å². The van der Waals surface area contributed by atoms with Crippen molar-refractivity contribution in [3.05, 3.63) is 145 Å². The first kappa shape index (κ1) is 24.4. The first-order valence-electron chi connectivity index (χ1n) is 14.1. The van der Waals surface area contributed by atoms with E-state index >= 15 is 0 Å². The number of hydrogen-bond acceptors (Lipinski definition) is 0. The molecule has 40 heavy (non-hydrogen) atoms. The molecule has 7 aromatic carbocycles. The zero-order valence-corrected chi connectivity index (χ0v) is 23.3. The van der Waals surface area contributed by atoms with E-state index in [1.807, 2.05) is 0 Å². The third-order valence-electron chi connectivity index (χ3n) is 8.19. The molecule has 7 aromatic rings. The Balaban J connectivity index is 1.65. The van der Waals surface area contributed by atoms with E-state index in [4.69, 9.17) is 0 Å². The fraction of sp³-hybridized carbons (Fsp3) is 0.100. The van der Waals surface area contributed by atoms with E-state index in [1.165, 1.54) is 71.3 Å². The largest absolute Gasteiger partial charge is 0.0622 e. The average Bonchev–Trinajstić information content (AvgIpc) is 2.99. The summed E-state index contributed by atoms with van der Waals surface area (Å²) in [6, 6.07) is 51.3. The summed E-state index contributed by atoms with van der Waals surface area (Å²) in [5.41, 5.74) is 9.08. The molecule has 7 rings (SSSR count). The van der Waals surface area contributed by atoms with Gasteiger partial charge in [-0.2, -0.15) is 0 Å². The van der Waals surface area contributed by atoms with E-state index in [0.29, 0.717) is 0 Å². The second kappa shape index (κ2) is 9.50. The molecule has 0 aromatic heterocycles. The van der Waals surface area contributed by atoms with Crippen LogP contribution < -0.4 is 0 Å². The Morgan fingerprint density at radius 1 is 0.400 bits per heavy atom. The Bertz CT molecular complexity index is 1990. The predicted molar refractivity (Wildman–Crippen MR) is 174 cm³/mol. The monoisotopic (exact) mass is 512 g/mol. The summed E-state index contributed by atoms with van der Waals surface area (Å²) in [6.07, 6.45) is 0. The van der Waals surface area contributed by atoms with Crippen LogP contribution in [0.2, 0.25) is 0 Å².